The fraction of sp³-hybridized carbons (Fsp3) is 0.688. The van der Waals surface area contributed by atoms with Gasteiger partial charge in [-0.3, -0.25) is 4.90 Å². The first-order valence-corrected chi connectivity index (χ1v) is 7.68. The highest BCUT2D eigenvalue weighted by molar-refractivity contribution is 5.21. The Kier molecular flexibility index (Phi) is 5.64. The molecule has 3 heteroatoms. The van der Waals surface area contributed by atoms with Gasteiger partial charge in [0.25, 0.3) is 0 Å². The second-order valence-corrected chi connectivity index (χ2v) is 5.26. The standard InChI is InChI=1S/C16H26N2O/c1-3-5-11-18-12-7-6-8-15(18)14-9-10-16(17-13-14)19-4-2/h9-10,13,15H,3-8,11-12H2,1-2H3. The molecule has 1 saturated heterocycles. The summed E-state index contributed by atoms with van der Waals surface area (Å²) in [5.41, 5.74) is 1.35. The molecule has 0 aliphatic carbocycles. The number of hydrogen-bond acceptors (Lipinski definition) is 3. The zero-order valence-electron chi connectivity index (χ0n) is 12.3. The molecule has 1 aromatic heterocycles. The summed E-state index contributed by atoms with van der Waals surface area (Å²) in [6.07, 6.45) is 8.50. The van der Waals surface area contributed by atoms with Crippen molar-refractivity contribution in [1.82, 2.24) is 9.88 Å². The maximum absolute atomic E-state index is 5.42. The number of likely N-dealkylation sites (tertiary alicyclic amines) is 1. The monoisotopic (exact) mass is 262 g/mol. The van der Waals surface area contributed by atoms with Gasteiger partial charge in [-0.15, -0.1) is 0 Å². The molecular weight excluding hydrogens is 236 g/mol. The van der Waals surface area contributed by atoms with Crippen LogP contribution in [-0.4, -0.2) is 29.6 Å². The van der Waals surface area contributed by atoms with Gasteiger partial charge in [0.1, 0.15) is 0 Å². The third kappa shape index (κ3) is 3.93. The quantitative estimate of drug-likeness (QED) is 0.779. The summed E-state index contributed by atoms with van der Waals surface area (Å²) in [6, 6.07) is 4.75. The van der Waals surface area contributed by atoms with Gasteiger partial charge in [-0.2, -0.15) is 0 Å². The second-order valence-electron chi connectivity index (χ2n) is 5.26. The summed E-state index contributed by atoms with van der Waals surface area (Å²) < 4.78 is 5.42. The van der Waals surface area contributed by atoms with Gasteiger partial charge in [-0.1, -0.05) is 25.8 Å². The van der Waals surface area contributed by atoms with Gasteiger partial charge < -0.3 is 4.74 Å². The van der Waals surface area contributed by atoms with Gasteiger partial charge in [-0.05, 0) is 44.8 Å². The highest BCUT2D eigenvalue weighted by Crippen LogP contribution is 2.31. The molecule has 0 spiro atoms. The first-order chi connectivity index (χ1) is 9.35. The molecule has 1 fully saturated rings. The lowest BCUT2D eigenvalue weighted by atomic mass is 9.96. The molecule has 3 nitrogen and oxygen atoms in total. The molecule has 0 bridgehead atoms. The van der Waals surface area contributed by atoms with E-state index < -0.39 is 0 Å². The Bertz CT molecular complexity index is 364. The number of hydrogen-bond donors (Lipinski definition) is 0. The van der Waals surface area contributed by atoms with E-state index in [1.165, 1.54) is 50.8 Å². The van der Waals surface area contributed by atoms with Crippen LogP contribution >= 0.6 is 0 Å². The minimum Gasteiger partial charge on any atom is -0.478 e. The van der Waals surface area contributed by atoms with Crippen molar-refractivity contribution in [3.63, 3.8) is 0 Å². The Balaban J connectivity index is 2.03. The zero-order valence-corrected chi connectivity index (χ0v) is 12.3. The third-order valence-electron chi connectivity index (χ3n) is 3.85. The minimum atomic E-state index is 0.559. The van der Waals surface area contributed by atoms with Crippen LogP contribution in [0.3, 0.4) is 0 Å². The molecule has 19 heavy (non-hydrogen) atoms. The average Bonchev–Trinajstić information content (AvgIpc) is 2.47. The summed E-state index contributed by atoms with van der Waals surface area (Å²) in [5.74, 6) is 0.738. The lowest BCUT2D eigenvalue weighted by Gasteiger charge is -2.35. The van der Waals surface area contributed by atoms with Crippen LogP contribution in [0.4, 0.5) is 0 Å². The molecule has 0 N–H and O–H groups in total. The van der Waals surface area contributed by atoms with Gasteiger partial charge >= 0.3 is 0 Å². The molecule has 1 aliphatic rings. The van der Waals surface area contributed by atoms with Crippen molar-refractivity contribution >= 4 is 0 Å². The van der Waals surface area contributed by atoms with E-state index in [0.717, 1.165) is 5.88 Å². The zero-order chi connectivity index (χ0) is 13.5. The number of nitrogens with zero attached hydrogens (tertiary/aromatic N) is 2. The van der Waals surface area contributed by atoms with Gasteiger partial charge in [-0.25, -0.2) is 4.98 Å². The van der Waals surface area contributed by atoms with Crippen molar-refractivity contribution in [1.29, 1.82) is 0 Å². The average molecular weight is 262 g/mol. The molecule has 1 atom stereocenters. The van der Waals surface area contributed by atoms with Crippen LogP contribution in [0.2, 0.25) is 0 Å². The molecule has 1 unspecified atom stereocenters. The van der Waals surface area contributed by atoms with E-state index in [9.17, 15) is 0 Å². The van der Waals surface area contributed by atoms with Crippen LogP contribution in [-0.2, 0) is 0 Å². The molecule has 106 valence electrons. The first-order valence-electron chi connectivity index (χ1n) is 7.68. The molecule has 2 heterocycles. The Morgan fingerprint density at radius 2 is 2.21 bits per heavy atom. The highest BCUT2D eigenvalue weighted by Gasteiger charge is 2.23. The SMILES string of the molecule is CCCCN1CCCCC1c1ccc(OCC)nc1. The Morgan fingerprint density at radius 3 is 2.89 bits per heavy atom. The summed E-state index contributed by atoms with van der Waals surface area (Å²) in [5, 5.41) is 0. The van der Waals surface area contributed by atoms with Crippen molar-refractivity contribution in [2.75, 3.05) is 19.7 Å². The van der Waals surface area contributed by atoms with E-state index in [-0.39, 0.29) is 0 Å². The highest BCUT2D eigenvalue weighted by atomic mass is 16.5. The van der Waals surface area contributed by atoms with Crippen molar-refractivity contribution in [2.45, 2.75) is 52.0 Å². The first kappa shape index (κ1) is 14.3. The van der Waals surface area contributed by atoms with E-state index in [1.807, 2.05) is 19.2 Å². The maximum Gasteiger partial charge on any atom is 0.213 e. The molecular formula is C16H26N2O. The van der Waals surface area contributed by atoms with Crippen LogP contribution in [0.15, 0.2) is 18.3 Å². The van der Waals surface area contributed by atoms with Gasteiger partial charge in [0.15, 0.2) is 0 Å². The molecule has 1 aromatic rings. The number of piperidine rings is 1. The van der Waals surface area contributed by atoms with Crippen LogP contribution in [0.25, 0.3) is 0 Å². The van der Waals surface area contributed by atoms with Crippen LogP contribution in [0.1, 0.15) is 57.6 Å². The smallest absolute Gasteiger partial charge is 0.213 e. The van der Waals surface area contributed by atoms with E-state index in [4.69, 9.17) is 4.74 Å². The Hall–Kier alpha value is -1.09. The van der Waals surface area contributed by atoms with Crippen LogP contribution in [0, 0.1) is 0 Å². The van der Waals surface area contributed by atoms with E-state index in [2.05, 4.69) is 22.9 Å². The van der Waals surface area contributed by atoms with Crippen molar-refractivity contribution in [3.8, 4) is 5.88 Å². The van der Waals surface area contributed by atoms with Gasteiger partial charge in [0.2, 0.25) is 5.88 Å². The number of rotatable bonds is 6. The lowest BCUT2D eigenvalue weighted by molar-refractivity contribution is 0.146. The fourth-order valence-electron chi connectivity index (χ4n) is 2.82. The summed E-state index contributed by atoms with van der Waals surface area (Å²) in [6.45, 7) is 7.38. The van der Waals surface area contributed by atoms with E-state index in [0.29, 0.717) is 12.6 Å². The lowest BCUT2D eigenvalue weighted by Crippen LogP contribution is -2.34. The Morgan fingerprint density at radius 1 is 1.32 bits per heavy atom. The van der Waals surface area contributed by atoms with Gasteiger partial charge in [0, 0.05) is 18.3 Å². The second kappa shape index (κ2) is 7.49. The largest absolute Gasteiger partial charge is 0.478 e. The predicted molar refractivity (Wildman–Crippen MR) is 78.5 cm³/mol. The van der Waals surface area contributed by atoms with E-state index in [1.54, 1.807) is 0 Å². The van der Waals surface area contributed by atoms with E-state index >= 15 is 0 Å². The van der Waals surface area contributed by atoms with Crippen LogP contribution < -0.4 is 4.74 Å². The topological polar surface area (TPSA) is 25.4 Å². The molecule has 1 aliphatic heterocycles. The summed E-state index contributed by atoms with van der Waals surface area (Å²) >= 11 is 0. The van der Waals surface area contributed by atoms with Gasteiger partial charge in [0.05, 0.1) is 6.61 Å². The van der Waals surface area contributed by atoms with Crippen molar-refractivity contribution in [2.24, 2.45) is 0 Å². The summed E-state index contributed by atoms with van der Waals surface area (Å²) in [4.78, 5) is 7.04. The normalized spacial score (nSPS) is 20.4. The Labute approximate surface area is 117 Å². The molecule has 2 rings (SSSR count). The number of aromatic nitrogens is 1. The fourth-order valence-corrected chi connectivity index (χ4v) is 2.82. The molecule has 0 amide bonds. The van der Waals surface area contributed by atoms with Crippen molar-refractivity contribution < 1.29 is 4.74 Å². The predicted octanol–water partition coefficient (Wildman–Crippen LogP) is 3.81. The molecule has 0 radical (unpaired) electrons. The minimum absolute atomic E-state index is 0.559. The van der Waals surface area contributed by atoms with Crippen molar-refractivity contribution in [3.05, 3.63) is 23.9 Å². The third-order valence-corrected chi connectivity index (χ3v) is 3.85. The maximum atomic E-state index is 5.42. The number of pyridine rings is 1. The molecule has 0 aromatic carbocycles. The summed E-state index contributed by atoms with van der Waals surface area (Å²) in [7, 11) is 0. The number of unbranched alkanes of at least 4 members (excludes halogenated alkanes) is 1. The van der Waals surface area contributed by atoms with Crippen LogP contribution in [0.5, 0.6) is 5.88 Å². The molecule has 0 saturated carbocycles. The number of ether oxygens (including phenoxy) is 1.